The number of amides is 2. The van der Waals surface area contributed by atoms with Gasteiger partial charge in [0.25, 0.3) is 0 Å². The van der Waals surface area contributed by atoms with Gasteiger partial charge in [-0.25, -0.2) is 9.59 Å². The molecule has 0 radical (unpaired) electrons. The van der Waals surface area contributed by atoms with Crippen molar-refractivity contribution in [3.8, 4) is 0 Å². The molecule has 1 saturated heterocycles. The van der Waals surface area contributed by atoms with E-state index in [1.165, 1.54) is 0 Å². The predicted octanol–water partition coefficient (Wildman–Crippen LogP) is 1.90. The van der Waals surface area contributed by atoms with E-state index >= 15 is 0 Å². The van der Waals surface area contributed by atoms with Crippen LogP contribution in [-0.2, 0) is 9.53 Å². The molecule has 7 heteroatoms. The highest BCUT2D eigenvalue weighted by Gasteiger charge is 2.29. The Hall–Kier alpha value is -1.79. The predicted molar refractivity (Wildman–Crippen MR) is 77.3 cm³/mol. The van der Waals surface area contributed by atoms with Gasteiger partial charge in [-0.2, -0.15) is 0 Å². The zero-order valence-corrected chi connectivity index (χ0v) is 12.3. The second-order valence-electron chi connectivity index (χ2n) is 4.86. The summed E-state index contributed by atoms with van der Waals surface area (Å²) in [6.07, 6.45) is 0. The van der Waals surface area contributed by atoms with Crippen LogP contribution in [0.25, 0.3) is 0 Å². The second-order valence-corrected chi connectivity index (χ2v) is 5.27. The van der Waals surface area contributed by atoms with Crippen LogP contribution in [0.3, 0.4) is 0 Å². The number of nitrogens with zero attached hydrogens (tertiary/aromatic N) is 1. The first-order chi connectivity index (χ1) is 10.0. The van der Waals surface area contributed by atoms with Crippen molar-refractivity contribution >= 4 is 23.6 Å². The van der Waals surface area contributed by atoms with Crippen molar-refractivity contribution in [3.63, 3.8) is 0 Å². The molecular weight excluding hydrogens is 296 g/mol. The van der Waals surface area contributed by atoms with Gasteiger partial charge in [0, 0.05) is 17.1 Å². The third-order valence-electron chi connectivity index (χ3n) is 3.36. The fourth-order valence-electron chi connectivity index (χ4n) is 2.22. The average molecular weight is 313 g/mol. The van der Waals surface area contributed by atoms with E-state index in [9.17, 15) is 14.7 Å². The molecule has 0 saturated carbocycles. The van der Waals surface area contributed by atoms with Crippen molar-refractivity contribution in [1.29, 1.82) is 0 Å². The van der Waals surface area contributed by atoms with Crippen LogP contribution in [0.1, 0.15) is 18.5 Å². The van der Waals surface area contributed by atoms with Crippen LogP contribution in [-0.4, -0.2) is 47.8 Å². The Kier molecular flexibility index (Phi) is 5.03. The fraction of sp³-hybridized carbons (Fsp3) is 0.429. The topological polar surface area (TPSA) is 78.9 Å². The summed E-state index contributed by atoms with van der Waals surface area (Å²) in [6, 6.07) is 4.86. The van der Waals surface area contributed by atoms with E-state index in [-0.39, 0.29) is 6.04 Å². The molecular formula is C14H17ClN2O4. The van der Waals surface area contributed by atoms with Gasteiger partial charge in [0.2, 0.25) is 0 Å². The Morgan fingerprint density at radius 2 is 2.19 bits per heavy atom. The molecule has 1 heterocycles. The molecule has 2 rings (SSSR count). The number of carbonyl (C=O) groups is 2. The van der Waals surface area contributed by atoms with Crippen LogP contribution in [0.5, 0.6) is 0 Å². The smallest absolute Gasteiger partial charge is 0.331 e. The Labute approximate surface area is 127 Å². The van der Waals surface area contributed by atoms with Crippen molar-refractivity contribution in [1.82, 2.24) is 10.2 Å². The van der Waals surface area contributed by atoms with Crippen molar-refractivity contribution in [2.45, 2.75) is 19.0 Å². The van der Waals surface area contributed by atoms with Crippen LogP contribution in [0, 0.1) is 0 Å². The summed E-state index contributed by atoms with van der Waals surface area (Å²) < 4.78 is 5.26. The summed E-state index contributed by atoms with van der Waals surface area (Å²) in [5, 5.41) is 12.2. The largest absolute Gasteiger partial charge is 0.479 e. The van der Waals surface area contributed by atoms with Gasteiger partial charge in [-0.15, -0.1) is 0 Å². The number of hydrogen-bond donors (Lipinski definition) is 2. The lowest BCUT2D eigenvalue weighted by atomic mass is 10.1. The van der Waals surface area contributed by atoms with E-state index in [1.54, 1.807) is 29.2 Å². The van der Waals surface area contributed by atoms with Crippen LogP contribution in [0.2, 0.25) is 5.02 Å². The Balaban J connectivity index is 2.15. The van der Waals surface area contributed by atoms with Gasteiger partial charge in [0.05, 0.1) is 19.3 Å². The average Bonchev–Trinajstić information content (AvgIpc) is 2.45. The van der Waals surface area contributed by atoms with Gasteiger partial charge in [-0.05, 0) is 13.0 Å². The number of benzene rings is 1. The molecule has 1 aromatic rings. The summed E-state index contributed by atoms with van der Waals surface area (Å²) in [4.78, 5) is 25.3. The highest BCUT2D eigenvalue weighted by atomic mass is 35.5. The lowest BCUT2D eigenvalue weighted by Crippen LogP contribution is -2.52. The zero-order valence-electron chi connectivity index (χ0n) is 11.6. The monoisotopic (exact) mass is 312 g/mol. The van der Waals surface area contributed by atoms with Crippen molar-refractivity contribution in [3.05, 3.63) is 34.9 Å². The van der Waals surface area contributed by atoms with E-state index < -0.39 is 18.0 Å². The summed E-state index contributed by atoms with van der Waals surface area (Å²) in [6.45, 7) is 3.17. The quantitative estimate of drug-likeness (QED) is 0.893. The number of carbonyl (C=O) groups excluding carboxylic acids is 1. The first-order valence-corrected chi connectivity index (χ1v) is 7.00. The molecule has 0 spiro atoms. The number of halogens is 1. The number of hydrogen-bond acceptors (Lipinski definition) is 3. The van der Waals surface area contributed by atoms with E-state index in [0.717, 1.165) is 0 Å². The standard InChI is InChI=1S/C14H17ClN2O4/c1-9-8-21-7-6-17(9)14(20)16-12(13(18)19)10-4-2-3-5-11(10)15/h2-5,9,12H,6-8H2,1H3,(H,16,20)(H,18,19)/t9?,12-/m1/s1. The van der Waals surface area contributed by atoms with Crippen molar-refractivity contribution in [2.75, 3.05) is 19.8 Å². The Bertz CT molecular complexity index is 537. The summed E-state index contributed by atoms with van der Waals surface area (Å²) >= 11 is 6.01. The van der Waals surface area contributed by atoms with Gasteiger partial charge < -0.3 is 20.1 Å². The third kappa shape index (κ3) is 3.65. The van der Waals surface area contributed by atoms with Crippen LogP contribution in [0.4, 0.5) is 4.79 Å². The number of nitrogens with one attached hydrogen (secondary N) is 1. The van der Waals surface area contributed by atoms with Crippen molar-refractivity contribution < 1.29 is 19.4 Å². The fourth-order valence-corrected chi connectivity index (χ4v) is 2.46. The lowest BCUT2D eigenvalue weighted by molar-refractivity contribution is -0.139. The number of morpholine rings is 1. The maximum absolute atomic E-state index is 12.3. The molecule has 0 bridgehead atoms. The highest BCUT2D eigenvalue weighted by Crippen LogP contribution is 2.23. The molecule has 1 unspecified atom stereocenters. The maximum Gasteiger partial charge on any atom is 0.331 e. The van der Waals surface area contributed by atoms with E-state index in [4.69, 9.17) is 16.3 Å². The molecule has 1 fully saturated rings. The number of aliphatic carboxylic acids is 1. The van der Waals surface area contributed by atoms with E-state index in [1.807, 2.05) is 6.92 Å². The molecule has 6 nitrogen and oxygen atoms in total. The minimum atomic E-state index is -1.18. The van der Waals surface area contributed by atoms with E-state index in [2.05, 4.69) is 5.32 Å². The lowest BCUT2D eigenvalue weighted by Gasteiger charge is -2.34. The molecule has 2 amide bonds. The zero-order chi connectivity index (χ0) is 15.4. The van der Waals surface area contributed by atoms with Crippen LogP contribution in [0.15, 0.2) is 24.3 Å². The van der Waals surface area contributed by atoms with Gasteiger partial charge in [0.1, 0.15) is 0 Å². The molecule has 0 aromatic heterocycles. The molecule has 114 valence electrons. The third-order valence-corrected chi connectivity index (χ3v) is 3.70. The number of ether oxygens (including phenoxy) is 1. The van der Waals surface area contributed by atoms with Gasteiger partial charge in [-0.1, -0.05) is 29.8 Å². The summed E-state index contributed by atoms with van der Waals surface area (Å²) in [7, 11) is 0. The van der Waals surface area contributed by atoms with Crippen LogP contribution >= 0.6 is 11.6 Å². The summed E-state index contributed by atoms with van der Waals surface area (Å²) in [5.74, 6) is -1.16. The maximum atomic E-state index is 12.3. The van der Waals surface area contributed by atoms with Gasteiger partial charge >= 0.3 is 12.0 Å². The number of carboxylic acids is 1. The normalized spacial score (nSPS) is 19.9. The molecule has 21 heavy (non-hydrogen) atoms. The number of carboxylic acid groups (broad SMARTS) is 1. The van der Waals surface area contributed by atoms with Crippen LogP contribution < -0.4 is 5.32 Å². The SMILES string of the molecule is CC1COCCN1C(=O)N[C@@H](C(=O)O)c1ccccc1Cl. The molecule has 1 aromatic carbocycles. The Morgan fingerprint density at radius 1 is 1.48 bits per heavy atom. The highest BCUT2D eigenvalue weighted by molar-refractivity contribution is 6.31. The minimum Gasteiger partial charge on any atom is -0.479 e. The minimum absolute atomic E-state index is 0.0977. The molecule has 2 N–H and O–H groups in total. The van der Waals surface area contributed by atoms with Gasteiger partial charge in [-0.3, -0.25) is 0 Å². The first-order valence-electron chi connectivity index (χ1n) is 6.63. The number of rotatable bonds is 3. The first kappa shape index (κ1) is 15.6. The van der Waals surface area contributed by atoms with E-state index in [0.29, 0.717) is 30.3 Å². The van der Waals surface area contributed by atoms with Gasteiger partial charge in [0.15, 0.2) is 6.04 Å². The second kappa shape index (κ2) is 6.78. The summed E-state index contributed by atoms with van der Waals surface area (Å²) in [5.41, 5.74) is 0.362. The van der Waals surface area contributed by atoms with Crippen molar-refractivity contribution in [2.24, 2.45) is 0 Å². The Morgan fingerprint density at radius 3 is 2.81 bits per heavy atom. The molecule has 1 aliphatic heterocycles. The number of urea groups is 1. The molecule has 0 aliphatic carbocycles. The molecule has 1 aliphatic rings. The molecule has 2 atom stereocenters.